The van der Waals surface area contributed by atoms with Crippen LogP contribution in [0.3, 0.4) is 0 Å². The van der Waals surface area contributed by atoms with Gasteiger partial charge in [0.15, 0.2) is 0 Å². The van der Waals surface area contributed by atoms with Gasteiger partial charge in [-0.3, -0.25) is 9.59 Å². The Hall–Kier alpha value is -2.60. The average molecular weight is 456 g/mol. The number of halogens is 1. The molecule has 29 heavy (non-hydrogen) atoms. The van der Waals surface area contributed by atoms with Gasteiger partial charge in [0.2, 0.25) is 0 Å². The highest BCUT2D eigenvalue weighted by Crippen LogP contribution is 2.43. The summed E-state index contributed by atoms with van der Waals surface area (Å²) in [6.07, 6.45) is 4.80. The summed E-state index contributed by atoms with van der Waals surface area (Å²) in [5, 5.41) is 21.0. The number of phenolic OH excluding ortho intramolecular Hbond substituents is 1. The smallest absolute Gasteiger partial charge is 0.295 e. The molecule has 6 heteroatoms. The highest BCUT2D eigenvalue weighted by atomic mass is 79.9. The third-order valence-corrected chi connectivity index (χ3v) is 6.28. The molecule has 2 aliphatic rings. The van der Waals surface area contributed by atoms with Gasteiger partial charge in [0.05, 0.1) is 11.6 Å². The Morgan fingerprint density at radius 3 is 2.34 bits per heavy atom. The number of carbonyl (C=O) groups is 2. The van der Waals surface area contributed by atoms with Crippen molar-refractivity contribution < 1.29 is 19.8 Å². The molecule has 1 amide bonds. The van der Waals surface area contributed by atoms with Crippen molar-refractivity contribution >= 4 is 33.4 Å². The van der Waals surface area contributed by atoms with Crippen LogP contribution < -0.4 is 0 Å². The number of carbonyl (C=O) groups excluding carboxylic acids is 2. The first-order chi connectivity index (χ1) is 14.0. The van der Waals surface area contributed by atoms with E-state index in [2.05, 4.69) is 15.9 Å². The van der Waals surface area contributed by atoms with Crippen molar-refractivity contribution in [3.63, 3.8) is 0 Å². The van der Waals surface area contributed by atoms with E-state index in [0.717, 1.165) is 36.6 Å². The summed E-state index contributed by atoms with van der Waals surface area (Å²) in [6.45, 7) is 0. The Bertz CT molecular complexity index is 977. The average Bonchev–Trinajstić information content (AvgIpc) is 2.99. The number of benzene rings is 2. The van der Waals surface area contributed by atoms with Crippen molar-refractivity contribution in [2.45, 2.75) is 44.2 Å². The molecular formula is C23H22BrNO4. The van der Waals surface area contributed by atoms with Crippen LogP contribution >= 0.6 is 15.9 Å². The zero-order chi connectivity index (χ0) is 20.5. The fourth-order valence-electron chi connectivity index (χ4n) is 4.37. The van der Waals surface area contributed by atoms with Crippen molar-refractivity contribution in [2.75, 3.05) is 0 Å². The van der Waals surface area contributed by atoms with Gasteiger partial charge >= 0.3 is 0 Å². The number of aromatic hydroxyl groups is 1. The lowest BCUT2D eigenvalue weighted by Gasteiger charge is -2.35. The molecule has 2 N–H and O–H groups in total. The minimum Gasteiger partial charge on any atom is -0.508 e. The van der Waals surface area contributed by atoms with E-state index < -0.39 is 17.7 Å². The zero-order valence-electron chi connectivity index (χ0n) is 15.8. The second-order valence-electron chi connectivity index (χ2n) is 7.60. The molecule has 5 nitrogen and oxygen atoms in total. The van der Waals surface area contributed by atoms with E-state index in [1.54, 1.807) is 53.4 Å². The molecule has 0 radical (unpaired) electrons. The minimum absolute atomic E-state index is 0.0530. The monoisotopic (exact) mass is 455 g/mol. The fourth-order valence-corrected chi connectivity index (χ4v) is 4.64. The molecule has 2 aromatic rings. The van der Waals surface area contributed by atoms with Gasteiger partial charge in [-0.25, -0.2) is 0 Å². The number of Topliss-reactive ketones (excluding diaryl/α,β-unsaturated/α-hetero) is 1. The maximum Gasteiger partial charge on any atom is 0.295 e. The standard InChI is InChI=1S/C23H22BrNO4/c24-16-11-9-14(10-12-16)21(27)19-20(15-5-4-8-18(26)13-15)25(23(29)22(19)28)17-6-2-1-3-7-17/h4-5,8-13,17,20,26-27H,1-3,6-7H2/b21-19-. The van der Waals surface area contributed by atoms with Gasteiger partial charge in [-0.2, -0.15) is 0 Å². The highest BCUT2D eigenvalue weighted by molar-refractivity contribution is 9.10. The van der Waals surface area contributed by atoms with Crippen LogP contribution in [0.5, 0.6) is 5.75 Å². The lowest BCUT2D eigenvalue weighted by molar-refractivity contribution is -0.141. The van der Waals surface area contributed by atoms with Gasteiger partial charge in [0, 0.05) is 16.1 Å². The van der Waals surface area contributed by atoms with E-state index in [1.807, 2.05) is 0 Å². The quantitative estimate of drug-likeness (QED) is 0.391. The number of ketones is 1. The minimum atomic E-state index is -0.714. The zero-order valence-corrected chi connectivity index (χ0v) is 17.4. The molecule has 1 heterocycles. The number of likely N-dealkylation sites (tertiary alicyclic amines) is 1. The molecule has 0 spiro atoms. The predicted molar refractivity (Wildman–Crippen MR) is 113 cm³/mol. The summed E-state index contributed by atoms with van der Waals surface area (Å²) in [5.41, 5.74) is 1.17. The first-order valence-electron chi connectivity index (χ1n) is 9.82. The van der Waals surface area contributed by atoms with E-state index in [-0.39, 0.29) is 23.1 Å². The van der Waals surface area contributed by atoms with Crippen LogP contribution in [-0.4, -0.2) is 32.8 Å². The van der Waals surface area contributed by atoms with Gasteiger partial charge in [-0.05, 0) is 42.7 Å². The lowest BCUT2D eigenvalue weighted by atomic mass is 9.91. The molecule has 2 aromatic carbocycles. The molecular weight excluding hydrogens is 434 g/mol. The number of phenols is 1. The molecule has 1 saturated carbocycles. The highest BCUT2D eigenvalue weighted by Gasteiger charge is 2.48. The topological polar surface area (TPSA) is 77.8 Å². The summed E-state index contributed by atoms with van der Waals surface area (Å²) < 4.78 is 0.848. The molecule has 4 rings (SSSR count). The van der Waals surface area contributed by atoms with Crippen molar-refractivity contribution in [1.82, 2.24) is 4.90 Å². The number of aliphatic hydroxyl groups is 1. The Balaban J connectivity index is 1.87. The number of rotatable bonds is 3. The van der Waals surface area contributed by atoms with E-state index in [1.165, 1.54) is 0 Å². The van der Waals surface area contributed by atoms with Crippen molar-refractivity contribution in [2.24, 2.45) is 0 Å². The Labute approximate surface area is 177 Å². The van der Waals surface area contributed by atoms with Crippen LogP contribution in [0.1, 0.15) is 49.3 Å². The molecule has 1 saturated heterocycles. The predicted octanol–water partition coefficient (Wildman–Crippen LogP) is 4.91. The number of hydrogen-bond donors (Lipinski definition) is 2. The molecule has 1 unspecified atom stereocenters. The molecule has 1 atom stereocenters. The van der Waals surface area contributed by atoms with Crippen LogP contribution in [0.4, 0.5) is 0 Å². The maximum atomic E-state index is 13.0. The third-order valence-electron chi connectivity index (χ3n) is 5.75. The first kappa shape index (κ1) is 19.7. The van der Waals surface area contributed by atoms with Crippen molar-refractivity contribution in [3.8, 4) is 5.75 Å². The number of amides is 1. The molecule has 150 valence electrons. The molecule has 2 fully saturated rings. The third kappa shape index (κ3) is 3.69. The van der Waals surface area contributed by atoms with E-state index in [4.69, 9.17) is 0 Å². The van der Waals surface area contributed by atoms with Crippen LogP contribution in [0, 0.1) is 0 Å². The van der Waals surface area contributed by atoms with E-state index >= 15 is 0 Å². The summed E-state index contributed by atoms with van der Waals surface area (Å²) >= 11 is 3.36. The molecule has 0 bridgehead atoms. The summed E-state index contributed by atoms with van der Waals surface area (Å²) in [5.74, 6) is -1.39. The first-order valence-corrected chi connectivity index (χ1v) is 10.6. The maximum absolute atomic E-state index is 13.0. The van der Waals surface area contributed by atoms with E-state index in [0.29, 0.717) is 11.1 Å². The van der Waals surface area contributed by atoms with Crippen LogP contribution in [0.25, 0.3) is 5.76 Å². The SMILES string of the molecule is O=C1C(=O)N(C2CCCCC2)C(c2cccc(O)c2)/C1=C(/O)c1ccc(Br)cc1. The van der Waals surface area contributed by atoms with Crippen LogP contribution in [0.2, 0.25) is 0 Å². The number of aliphatic hydroxyl groups excluding tert-OH is 1. The number of nitrogens with zero attached hydrogens (tertiary/aromatic N) is 1. The molecule has 0 aromatic heterocycles. The summed E-state index contributed by atoms with van der Waals surface area (Å²) in [6, 6.07) is 12.8. The largest absolute Gasteiger partial charge is 0.508 e. The lowest BCUT2D eigenvalue weighted by Crippen LogP contribution is -2.40. The Kier molecular flexibility index (Phi) is 5.46. The van der Waals surface area contributed by atoms with Crippen molar-refractivity contribution in [1.29, 1.82) is 0 Å². The van der Waals surface area contributed by atoms with Crippen LogP contribution in [-0.2, 0) is 9.59 Å². The molecule has 1 aliphatic carbocycles. The van der Waals surface area contributed by atoms with Gasteiger partial charge in [0.25, 0.3) is 11.7 Å². The Morgan fingerprint density at radius 1 is 1.00 bits per heavy atom. The molecule has 1 aliphatic heterocycles. The summed E-state index contributed by atoms with van der Waals surface area (Å²) in [4.78, 5) is 27.7. The second kappa shape index (κ2) is 8.03. The van der Waals surface area contributed by atoms with Crippen LogP contribution in [0.15, 0.2) is 58.6 Å². The van der Waals surface area contributed by atoms with E-state index in [9.17, 15) is 19.8 Å². The summed E-state index contributed by atoms with van der Waals surface area (Å²) in [7, 11) is 0. The fraction of sp³-hybridized carbons (Fsp3) is 0.304. The van der Waals surface area contributed by atoms with Gasteiger partial charge in [-0.1, -0.05) is 59.5 Å². The van der Waals surface area contributed by atoms with Gasteiger partial charge in [-0.15, -0.1) is 0 Å². The van der Waals surface area contributed by atoms with Gasteiger partial charge in [0.1, 0.15) is 11.5 Å². The normalized spacial score (nSPS) is 22.2. The van der Waals surface area contributed by atoms with Gasteiger partial charge < -0.3 is 15.1 Å². The van der Waals surface area contributed by atoms with Crippen molar-refractivity contribution in [3.05, 3.63) is 69.7 Å². The number of hydrogen-bond acceptors (Lipinski definition) is 4. The Morgan fingerprint density at radius 2 is 1.69 bits per heavy atom. The second-order valence-corrected chi connectivity index (χ2v) is 8.52.